The molecule has 13 aromatic rings. The predicted octanol–water partition coefficient (Wildman–Crippen LogP) is 18.8. The maximum atomic E-state index is 9.57. The third-order valence-electron chi connectivity index (χ3n) is 15.0. The largest absolute Gasteiger partial charge is 0.333 e. The van der Waals surface area contributed by atoms with E-state index in [1.54, 1.807) is 6.07 Å². The Labute approximate surface area is 480 Å². The molecule has 0 unspecified atom stereocenters. The smallest absolute Gasteiger partial charge is 0.109 e. The maximum absolute atomic E-state index is 9.57. The number of nitrogens with zero attached hydrogens (tertiary/aromatic N) is 6. The van der Waals surface area contributed by atoms with Gasteiger partial charge in [-0.2, -0.15) is 11.3 Å². The fraction of sp³-hybridized carbons (Fsp3) is 0.171. The van der Waals surface area contributed by atoms with Crippen LogP contribution in [-0.2, 0) is 20.1 Å². The quantitative estimate of drug-likeness (QED) is 0.107. The Morgan fingerprint density at radius 1 is 0.570 bits per heavy atom. The van der Waals surface area contributed by atoms with Crippen LogP contribution in [0.5, 0.6) is 0 Å². The summed E-state index contributed by atoms with van der Waals surface area (Å²) in [4.78, 5) is 13.9. The van der Waals surface area contributed by atoms with Crippen molar-refractivity contribution in [3.05, 3.63) is 221 Å². The zero-order valence-corrected chi connectivity index (χ0v) is 49.4. The Morgan fingerprint density at radius 3 is 1.86 bits per heavy atom. The number of hydrogen-bond donors (Lipinski definition) is 0. The molecule has 0 atom stereocenters. The van der Waals surface area contributed by atoms with Crippen molar-refractivity contribution in [2.24, 2.45) is 0 Å². The molecule has 0 saturated carbocycles. The Hall–Kier alpha value is -8.13. The van der Waals surface area contributed by atoms with Gasteiger partial charge in [0.25, 0.3) is 0 Å². The van der Waals surface area contributed by atoms with Gasteiger partial charge in [0.2, 0.25) is 0 Å². The first-order valence-electron chi connectivity index (χ1n) is 26.8. The van der Waals surface area contributed by atoms with Crippen LogP contribution in [0.25, 0.3) is 113 Å². The summed E-state index contributed by atoms with van der Waals surface area (Å²) in [6.07, 6.45) is 0. The van der Waals surface area contributed by atoms with Gasteiger partial charge in [0.15, 0.2) is 0 Å². The maximum Gasteiger partial charge on any atom is 0.109 e. The predicted molar refractivity (Wildman–Crippen MR) is 323 cm³/mol. The molecule has 79 heavy (non-hydrogen) atoms. The van der Waals surface area contributed by atoms with Crippen LogP contribution in [-0.4, -0.2) is 33.6 Å². The summed E-state index contributed by atoms with van der Waals surface area (Å²) in [5, 5.41) is 14.3. The molecule has 0 aliphatic heterocycles. The van der Waals surface area contributed by atoms with Gasteiger partial charge in [0, 0.05) is 25.8 Å². The standard InChI is InChI=1S/C44H32N3OSe.C26H24N3.Ir/c1-25(2)34-23-35-31-20-18-29(28-11-6-5-7-12-28)22-39(31)49-43(35)40(26(3)4)41(34)47-37-16-9-8-15-36(37)46-44(47)33-14-10-13-32-30-19-17-27(24-45)21-38(30)48-42(32)33;1-17(2)21-12-9-13-22(18(3)4)25(21)29-24-15-7-6-14-23(24)28-26(29)19-10-8-11-20(16-19)27-5;/h5-13,15-23,25-26H,1-4H3;6-9,11-18H,1-4H3;/q2*-1;. The van der Waals surface area contributed by atoms with Gasteiger partial charge < -0.3 is 4.57 Å². The van der Waals surface area contributed by atoms with E-state index in [0.29, 0.717) is 28.7 Å². The zero-order valence-electron chi connectivity index (χ0n) is 45.3. The van der Waals surface area contributed by atoms with Crippen LogP contribution in [0.1, 0.15) is 107 Å². The molecule has 7 nitrogen and oxygen atoms in total. The first-order chi connectivity index (χ1) is 37.9. The average Bonchev–Trinajstić information content (AvgIpc) is 4.38. The normalized spacial score (nSPS) is 11.6. The fourth-order valence-corrected chi connectivity index (χ4v) is 14.2. The third-order valence-corrected chi connectivity index (χ3v) is 17.5. The second-order valence-electron chi connectivity index (χ2n) is 21.3. The molecular weight excluding hydrogens is 1210 g/mol. The molecule has 0 amide bonds. The van der Waals surface area contributed by atoms with Gasteiger partial charge in [-0.15, -0.1) is 23.8 Å². The number of fused-ring (bicyclic) bond motifs is 8. The summed E-state index contributed by atoms with van der Waals surface area (Å²) in [6, 6.07) is 67.6. The molecule has 0 spiro atoms. The molecule has 9 aromatic carbocycles. The minimum absolute atomic E-state index is 0. The van der Waals surface area contributed by atoms with E-state index in [1.165, 1.54) is 64.0 Å². The van der Waals surface area contributed by atoms with Crippen LogP contribution in [0.3, 0.4) is 0 Å². The van der Waals surface area contributed by atoms with Crippen molar-refractivity contribution < 1.29 is 24.5 Å². The second kappa shape index (κ2) is 21.6. The van der Waals surface area contributed by atoms with Crippen molar-refractivity contribution in [3.8, 4) is 51.3 Å². The fourth-order valence-electron chi connectivity index (χ4n) is 11.2. The molecule has 389 valence electrons. The van der Waals surface area contributed by atoms with Gasteiger partial charge in [-0.1, -0.05) is 58.0 Å². The molecule has 0 bridgehead atoms. The number of hydrogen-bond acceptors (Lipinski definition) is 4. The Kier molecular flexibility index (Phi) is 14.5. The van der Waals surface area contributed by atoms with Gasteiger partial charge in [-0.25, -0.2) is 0 Å². The van der Waals surface area contributed by atoms with Crippen LogP contribution >= 0.6 is 0 Å². The van der Waals surface area contributed by atoms with Gasteiger partial charge in [0.1, 0.15) is 5.69 Å². The number of nitriles is 1. The van der Waals surface area contributed by atoms with E-state index in [2.05, 4.69) is 197 Å². The Balaban J connectivity index is 0.000000188. The average molecular weight is 1270 g/mol. The van der Waals surface area contributed by atoms with E-state index >= 15 is 0 Å². The Bertz CT molecular complexity index is 4530. The van der Waals surface area contributed by atoms with Gasteiger partial charge in [0.05, 0.1) is 23.4 Å². The summed E-state index contributed by atoms with van der Waals surface area (Å²) in [5.74, 6) is 2.92. The zero-order chi connectivity index (χ0) is 53.9. The van der Waals surface area contributed by atoms with E-state index in [0.717, 1.165) is 61.2 Å². The van der Waals surface area contributed by atoms with Crippen LogP contribution in [0, 0.1) is 30.0 Å². The molecule has 0 N–H and O–H groups in total. The summed E-state index contributed by atoms with van der Waals surface area (Å²) >= 11 is 0.138. The first kappa shape index (κ1) is 52.9. The minimum Gasteiger partial charge on any atom is -0.333 e. The number of imidazole rings is 2. The molecule has 4 heterocycles. The van der Waals surface area contributed by atoms with E-state index in [9.17, 15) is 5.26 Å². The van der Waals surface area contributed by atoms with E-state index in [4.69, 9.17) is 21.0 Å². The number of furan rings is 1. The second-order valence-corrected chi connectivity index (χ2v) is 23.5. The van der Waals surface area contributed by atoms with Gasteiger partial charge in [-0.3, -0.25) is 9.83 Å². The summed E-state index contributed by atoms with van der Waals surface area (Å²) in [5.41, 5.74) is 18.5. The van der Waals surface area contributed by atoms with E-state index in [1.807, 2.05) is 54.6 Å². The molecule has 4 aromatic heterocycles. The number of para-hydroxylation sites is 5. The van der Waals surface area contributed by atoms with Crippen LogP contribution < -0.4 is 0 Å². The molecule has 9 heteroatoms. The SMILES string of the molecule is CC(C)c1cc2c([se]c3cc(-c4ccccc4)ccc32)c(C(C)C)c1-n1c(-c2[c-]ccc3c2oc2cc(C#N)ccc23)nc2ccccc21.[C-]#[N+]c1cc[c-]c(-c2nc3ccccc3n2-c2c(C(C)C)cccc2C(C)C)c1.[Ir]. The molecular formula is C70H56IrN6OSe-2. The summed E-state index contributed by atoms with van der Waals surface area (Å²) in [6.45, 7) is 25.6. The van der Waals surface area contributed by atoms with Crippen molar-refractivity contribution in [2.75, 3.05) is 0 Å². The van der Waals surface area contributed by atoms with E-state index < -0.39 is 0 Å². The van der Waals surface area contributed by atoms with Gasteiger partial charge >= 0.3 is 286 Å². The summed E-state index contributed by atoms with van der Waals surface area (Å²) in [7, 11) is 0. The molecule has 0 aliphatic carbocycles. The Morgan fingerprint density at radius 2 is 1.20 bits per heavy atom. The van der Waals surface area contributed by atoms with Crippen molar-refractivity contribution in [1.82, 2.24) is 19.1 Å². The number of rotatable bonds is 9. The van der Waals surface area contributed by atoms with Crippen LogP contribution in [0.4, 0.5) is 5.69 Å². The van der Waals surface area contributed by atoms with Crippen LogP contribution in [0.2, 0.25) is 0 Å². The molecule has 0 aliphatic rings. The minimum atomic E-state index is 0. The molecule has 0 saturated heterocycles. The van der Waals surface area contributed by atoms with Crippen molar-refractivity contribution in [1.29, 1.82) is 5.26 Å². The topological polar surface area (TPSA) is 76.9 Å². The van der Waals surface area contributed by atoms with E-state index in [-0.39, 0.29) is 46.4 Å². The molecule has 0 fully saturated rings. The molecule has 13 rings (SSSR count). The van der Waals surface area contributed by atoms with Crippen molar-refractivity contribution in [2.45, 2.75) is 79.1 Å². The van der Waals surface area contributed by atoms with Crippen molar-refractivity contribution >= 4 is 83.5 Å². The first-order valence-corrected chi connectivity index (χ1v) is 28.5. The monoisotopic (exact) mass is 1270 g/mol. The third kappa shape index (κ3) is 9.32. The van der Waals surface area contributed by atoms with Crippen molar-refractivity contribution in [3.63, 3.8) is 0 Å². The van der Waals surface area contributed by atoms with Crippen LogP contribution in [0.15, 0.2) is 174 Å². The molecule has 1 radical (unpaired) electrons. The number of aromatic nitrogens is 4. The number of benzene rings is 9. The summed E-state index contributed by atoms with van der Waals surface area (Å²) < 4.78 is 14.1. The van der Waals surface area contributed by atoms with Gasteiger partial charge in [-0.05, 0) is 35.1 Å².